The molecule has 1 aliphatic heterocycles. The van der Waals surface area contributed by atoms with Crippen molar-refractivity contribution in [1.29, 1.82) is 0 Å². The fourth-order valence-corrected chi connectivity index (χ4v) is 6.48. The highest BCUT2D eigenvalue weighted by Gasteiger charge is 2.45. The molecule has 2 aromatic rings. The lowest BCUT2D eigenvalue weighted by Gasteiger charge is -2.40. The zero-order valence-corrected chi connectivity index (χ0v) is 16.2. The van der Waals surface area contributed by atoms with Gasteiger partial charge < -0.3 is 5.32 Å². The lowest BCUT2D eigenvalue weighted by molar-refractivity contribution is -0.124. The van der Waals surface area contributed by atoms with Crippen LogP contribution in [0.2, 0.25) is 5.02 Å². The molecule has 0 unspecified atom stereocenters. The molecule has 1 aliphatic carbocycles. The Labute approximate surface area is 162 Å². The third-order valence-corrected chi connectivity index (χ3v) is 8.43. The number of hydrogen-bond acceptors (Lipinski definition) is 3. The second-order valence-electron chi connectivity index (χ2n) is 6.60. The van der Waals surface area contributed by atoms with Gasteiger partial charge in [0.15, 0.2) is 0 Å². The van der Waals surface area contributed by atoms with Crippen LogP contribution in [-0.4, -0.2) is 17.4 Å². The van der Waals surface area contributed by atoms with Gasteiger partial charge in [0.1, 0.15) is 0 Å². The first-order valence-electron chi connectivity index (χ1n) is 8.58. The fourth-order valence-electron chi connectivity index (χ4n) is 3.51. The molecule has 1 N–H and O–H groups in total. The standard InChI is InChI=1S/C20H20ClNOS2/c21-16-7-5-15(6-8-16)20(9-2-10-20)19(23)22-17-4-1-3-14(13-17)18-24-11-12-25-18/h1,3-8,13,18H,2,9-12H2,(H,22,23). The van der Waals surface area contributed by atoms with Crippen LogP contribution in [0.4, 0.5) is 5.69 Å². The van der Waals surface area contributed by atoms with Gasteiger partial charge in [0.05, 0.1) is 10.00 Å². The highest BCUT2D eigenvalue weighted by Crippen LogP contribution is 2.47. The van der Waals surface area contributed by atoms with Gasteiger partial charge in [-0.25, -0.2) is 0 Å². The van der Waals surface area contributed by atoms with Crippen LogP contribution in [0.3, 0.4) is 0 Å². The number of hydrogen-bond donors (Lipinski definition) is 1. The van der Waals surface area contributed by atoms with E-state index >= 15 is 0 Å². The second kappa shape index (κ2) is 7.26. The quantitative estimate of drug-likeness (QED) is 0.707. The molecule has 1 saturated carbocycles. The van der Waals surface area contributed by atoms with Gasteiger partial charge in [-0.3, -0.25) is 4.79 Å². The molecule has 1 heterocycles. The Morgan fingerprint density at radius 2 is 1.80 bits per heavy atom. The van der Waals surface area contributed by atoms with Crippen LogP contribution in [0.5, 0.6) is 0 Å². The summed E-state index contributed by atoms with van der Waals surface area (Å²) in [7, 11) is 0. The first-order chi connectivity index (χ1) is 12.2. The van der Waals surface area contributed by atoms with E-state index in [0.717, 1.165) is 30.5 Å². The molecule has 130 valence electrons. The number of thioether (sulfide) groups is 2. The van der Waals surface area contributed by atoms with Crippen LogP contribution in [0.15, 0.2) is 48.5 Å². The van der Waals surface area contributed by atoms with Crippen LogP contribution in [0.1, 0.15) is 35.0 Å². The Morgan fingerprint density at radius 3 is 2.44 bits per heavy atom. The highest BCUT2D eigenvalue weighted by molar-refractivity contribution is 8.19. The molecule has 25 heavy (non-hydrogen) atoms. The maximum atomic E-state index is 13.1. The number of carbonyl (C=O) groups is 1. The Hall–Kier alpha value is -1.10. The summed E-state index contributed by atoms with van der Waals surface area (Å²) in [6, 6.07) is 16.0. The SMILES string of the molecule is O=C(Nc1cccc(C2SCCS2)c1)C1(c2ccc(Cl)cc2)CCC1. The van der Waals surface area contributed by atoms with Crippen molar-refractivity contribution in [3.63, 3.8) is 0 Å². The van der Waals surface area contributed by atoms with E-state index in [0.29, 0.717) is 9.60 Å². The minimum atomic E-state index is -0.405. The van der Waals surface area contributed by atoms with Crippen LogP contribution < -0.4 is 5.32 Å². The minimum absolute atomic E-state index is 0.102. The maximum absolute atomic E-state index is 13.1. The number of amides is 1. The Bertz CT molecular complexity index is 768. The largest absolute Gasteiger partial charge is 0.325 e. The Balaban J connectivity index is 1.54. The van der Waals surface area contributed by atoms with E-state index in [1.54, 1.807) is 0 Å². The van der Waals surface area contributed by atoms with Crippen molar-refractivity contribution in [2.24, 2.45) is 0 Å². The fraction of sp³-hybridized carbons (Fsp3) is 0.350. The molecule has 0 radical (unpaired) electrons. The summed E-state index contributed by atoms with van der Waals surface area (Å²) in [5, 5.41) is 3.88. The lowest BCUT2D eigenvalue weighted by Crippen LogP contribution is -2.46. The van der Waals surface area contributed by atoms with E-state index in [2.05, 4.69) is 17.4 Å². The summed E-state index contributed by atoms with van der Waals surface area (Å²) in [5.41, 5.74) is 2.85. The predicted octanol–water partition coefficient (Wildman–Crippen LogP) is 5.88. The first kappa shape index (κ1) is 17.3. The van der Waals surface area contributed by atoms with E-state index in [1.807, 2.05) is 59.9 Å². The summed E-state index contributed by atoms with van der Waals surface area (Å²) in [5.74, 6) is 2.50. The van der Waals surface area contributed by atoms with E-state index in [9.17, 15) is 4.79 Å². The Kier molecular flexibility index (Phi) is 5.03. The van der Waals surface area contributed by atoms with Crippen molar-refractivity contribution in [3.8, 4) is 0 Å². The molecule has 2 nitrogen and oxygen atoms in total. The van der Waals surface area contributed by atoms with E-state index in [4.69, 9.17) is 11.6 Å². The predicted molar refractivity (Wildman–Crippen MR) is 110 cm³/mol. The molecule has 0 bridgehead atoms. The zero-order chi connectivity index (χ0) is 17.3. The van der Waals surface area contributed by atoms with Crippen molar-refractivity contribution in [1.82, 2.24) is 0 Å². The number of benzene rings is 2. The summed E-state index contributed by atoms with van der Waals surface area (Å²) >= 11 is 9.97. The molecule has 4 rings (SSSR count). The van der Waals surface area contributed by atoms with Crippen molar-refractivity contribution >= 4 is 46.7 Å². The number of rotatable bonds is 4. The van der Waals surface area contributed by atoms with Crippen molar-refractivity contribution in [2.45, 2.75) is 29.3 Å². The highest BCUT2D eigenvalue weighted by atomic mass is 35.5. The molecule has 1 amide bonds. The van der Waals surface area contributed by atoms with Crippen LogP contribution >= 0.6 is 35.1 Å². The molecule has 1 saturated heterocycles. The average molecular weight is 390 g/mol. The topological polar surface area (TPSA) is 29.1 Å². The molecular formula is C20H20ClNOS2. The molecule has 2 aromatic carbocycles. The Morgan fingerprint density at radius 1 is 1.08 bits per heavy atom. The number of halogens is 1. The first-order valence-corrected chi connectivity index (χ1v) is 11.1. The van der Waals surface area contributed by atoms with Crippen LogP contribution in [-0.2, 0) is 10.2 Å². The van der Waals surface area contributed by atoms with Crippen LogP contribution in [0, 0.1) is 0 Å². The minimum Gasteiger partial charge on any atom is -0.325 e. The number of anilines is 1. The van der Waals surface area contributed by atoms with Gasteiger partial charge in [-0.2, -0.15) is 0 Å². The molecule has 2 fully saturated rings. The average Bonchev–Trinajstić information content (AvgIpc) is 3.10. The lowest BCUT2D eigenvalue weighted by atomic mass is 9.64. The third-order valence-electron chi connectivity index (χ3n) is 5.08. The molecular weight excluding hydrogens is 370 g/mol. The smallest absolute Gasteiger partial charge is 0.235 e. The van der Waals surface area contributed by atoms with Gasteiger partial charge in [0.25, 0.3) is 0 Å². The van der Waals surface area contributed by atoms with Crippen molar-refractivity contribution in [2.75, 3.05) is 16.8 Å². The van der Waals surface area contributed by atoms with Gasteiger partial charge in [0.2, 0.25) is 5.91 Å². The number of carbonyl (C=O) groups excluding carboxylic acids is 1. The van der Waals surface area contributed by atoms with E-state index < -0.39 is 5.41 Å². The van der Waals surface area contributed by atoms with E-state index in [-0.39, 0.29) is 5.91 Å². The van der Waals surface area contributed by atoms with Gasteiger partial charge >= 0.3 is 0 Å². The molecule has 5 heteroatoms. The van der Waals surface area contributed by atoms with Gasteiger partial charge in [-0.15, -0.1) is 23.5 Å². The second-order valence-corrected chi connectivity index (χ2v) is 9.76. The third kappa shape index (κ3) is 3.44. The zero-order valence-electron chi connectivity index (χ0n) is 13.8. The molecule has 0 aromatic heterocycles. The normalized spacial score (nSPS) is 19.4. The van der Waals surface area contributed by atoms with E-state index in [1.165, 1.54) is 17.1 Å². The van der Waals surface area contributed by atoms with Gasteiger partial charge in [0, 0.05) is 22.2 Å². The summed E-state index contributed by atoms with van der Waals surface area (Å²) in [6.07, 6.45) is 2.88. The van der Waals surface area contributed by atoms with Gasteiger partial charge in [-0.05, 0) is 48.2 Å². The monoisotopic (exact) mass is 389 g/mol. The van der Waals surface area contributed by atoms with Crippen molar-refractivity contribution in [3.05, 3.63) is 64.7 Å². The van der Waals surface area contributed by atoms with Gasteiger partial charge in [-0.1, -0.05) is 42.3 Å². The van der Waals surface area contributed by atoms with Crippen molar-refractivity contribution < 1.29 is 4.79 Å². The summed E-state index contributed by atoms with van der Waals surface area (Å²) < 4.78 is 0.491. The summed E-state index contributed by atoms with van der Waals surface area (Å²) in [4.78, 5) is 13.1. The molecule has 0 atom stereocenters. The van der Waals surface area contributed by atoms with Crippen LogP contribution in [0.25, 0.3) is 0 Å². The summed E-state index contributed by atoms with van der Waals surface area (Å²) in [6.45, 7) is 0. The number of nitrogens with one attached hydrogen (secondary N) is 1. The molecule has 0 spiro atoms. The maximum Gasteiger partial charge on any atom is 0.235 e. The molecule has 2 aliphatic rings.